The molecule has 0 aliphatic carbocycles. The summed E-state index contributed by atoms with van der Waals surface area (Å²) >= 11 is 6.31. The van der Waals surface area contributed by atoms with Gasteiger partial charge in [0.1, 0.15) is 0 Å². The second-order valence-electron chi connectivity index (χ2n) is 5.69. The van der Waals surface area contributed by atoms with E-state index in [4.69, 9.17) is 22.3 Å². The molecule has 0 fully saturated rings. The van der Waals surface area contributed by atoms with Crippen LogP contribution in [0.1, 0.15) is 26.3 Å². The van der Waals surface area contributed by atoms with E-state index in [1.807, 2.05) is 39.8 Å². The van der Waals surface area contributed by atoms with Crippen LogP contribution in [0, 0.1) is 6.92 Å². The summed E-state index contributed by atoms with van der Waals surface area (Å²) in [4.78, 5) is 0. The third-order valence-corrected chi connectivity index (χ3v) is 4.57. The Morgan fingerprint density at radius 2 is 1.81 bits per heavy atom. The average Bonchev–Trinajstić information content (AvgIpc) is 2.76. The first-order chi connectivity index (χ1) is 9.53. The zero-order chi connectivity index (χ0) is 16.0. The molecule has 5 nitrogen and oxygen atoms in total. The molecule has 0 saturated heterocycles. The minimum absolute atomic E-state index is 0.288. The largest absolute Gasteiger partial charge is 0.296 e. The zero-order valence-electron chi connectivity index (χ0n) is 12.1. The van der Waals surface area contributed by atoms with Gasteiger partial charge in [0, 0.05) is 21.8 Å². The smallest absolute Gasteiger partial charge is 0.291 e. The highest BCUT2D eigenvalue weighted by Crippen LogP contribution is 2.34. The van der Waals surface area contributed by atoms with Crippen molar-refractivity contribution >= 4 is 31.3 Å². The van der Waals surface area contributed by atoms with E-state index in [-0.39, 0.29) is 5.16 Å². The number of aryl methyl sites for hydroxylation is 1. The second kappa shape index (κ2) is 5.26. The Hall–Kier alpha value is -1.11. The van der Waals surface area contributed by atoms with Gasteiger partial charge in [-0.1, -0.05) is 23.7 Å². The van der Waals surface area contributed by atoms with Gasteiger partial charge in [-0.25, -0.2) is 8.42 Å². The van der Waals surface area contributed by atoms with Crippen molar-refractivity contribution in [2.24, 2.45) is 0 Å². The van der Waals surface area contributed by atoms with Gasteiger partial charge in [0.2, 0.25) is 0 Å². The summed E-state index contributed by atoms with van der Waals surface area (Å²) in [6, 6.07) is 5.46. The van der Waals surface area contributed by atoms with Crippen LogP contribution < -0.4 is 0 Å². The summed E-state index contributed by atoms with van der Waals surface area (Å²) in [5, 5.41) is 7.94. The topological polar surface area (TPSA) is 64.8 Å². The summed E-state index contributed by atoms with van der Waals surface area (Å²) in [5.74, 6) is 0.371. The Morgan fingerprint density at radius 3 is 2.33 bits per heavy atom. The SMILES string of the molecule is Cc1cccc(-c2nnc(S(=O)(=O)Cl)n2C(C)(C)C)c1Cl. The van der Waals surface area contributed by atoms with E-state index in [1.54, 1.807) is 6.07 Å². The molecular weight excluding hydrogens is 333 g/mol. The maximum atomic E-state index is 11.7. The van der Waals surface area contributed by atoms with Crippen LogP contribution in [0.3, 0.4) is 0 Å². The Kier molecular flexibility index (Phi) is 4.08. The summed E-state index contributed by atoms with van der Waals surface area (Å²) < 4.78 is 24.9. The van der Waals surface area contributed by atoms with Gasteiger partial charge in [-0.2, -0.15) is 0 Å². The lowest BCUT2D eigenvalue weighted by Crippen LogP contribution is -2.26. The standard InChI is InChI=1S/C13H15Cl2N3O2S/c1-8-6-5-7-9(10(8)14)11-16-17-12(21(15,19)20)18(11)13(2,3)4/h5-7H,1-4H3. The van der Waals surface area contributed by atoms with Gasteiger partial charge in [0.05, 0.1) is 5.02 Å². The molecule has 0 amide bonds. The van der Waals surface area contributed by atoms with Gasteiger partial charge < -0.3 is 0 Å². The Labute approximate surface area is 133 Å². The first kappa shape index (κ1) is 16.3. The molecule has 0 saturated carbocycles. The zero-order valence-corrected chi connectivity index (χ0v) is 14.4. The van der Waals surface area contributed by atoms with Crippen LogP contribution in [0.25, 0.3) is 11.4 Å². The maximum absolute atomic E-state index is 11.7. The summed E-state index contributed by atoms with van der Waals surface area (Å²) in [6.07, 6.45) is 0. The highest BCUT2D eigenvalue weighted by atomic mass is 35.7. The van der Waals surface area contributed by atoms with E-state index >= 15 is 0 Å². The van der Waals surface area contributed by atoms with E-state index < -0.39 is 14.6 Å². The van der Waals surface area contributed by atoms with E-state index in [2.05, 4.69) is 10.2 Å². The van der Waals surface area contributed by atoms with Crippen molar-refractivity contribution in [1.29, 1.82) is 0 Å². The molecule has 21 heavy (non-hydrogen) atoms. The van der Waals surface area contributed by atoms with Crippen LogP contribution in [0.4, 0.5) is 0 Å². The fourth-order valence-electron chi connectivity index (χ4n) is 2.03. The molecule has 1 heterocycles. The molecule has 0 N–H and O–H groups in total. The summed E-state index contributed by atoms with van der Waals surface area (Å²) in [6.45, 7) is 7.39. The molecule has 114 valence electrons. The van der Waals surface area contributed by atoms with Crippen LogP contribution in [0.2, 0.25) is 5.02 Å². The van der Waals surface area contributed by atoms with E-state index in [1.165, 1.54) is 4.57 Å². The minimum Gasteiger partial charge on any atom is -0.291 e. The highest BCUT2D eigenvalue weighted by Gasteiger charge is 2.30. The van der Waals surface area contributed by atoms with Gasteiger partial charge in [0.25, 0.3) is 14.2 Å². The molecule has 0 aliphatic rings. The fraction of sp³-hybridized carbons (Fsp3) is 0.385. The Morgan fingerprint density at radius 1 is 1.19 bits per heavy atom. The lowest BCUT2D eigenvalue weighted by molar-refractivity contribution is 0.367. The van der Waals surface area contributed by atoms with Gasteiger partial charge in [-0.3, -0.25) is 4.57 Å². The number of halogens is 2. The van der Waals surface area contributed by atoms with E-state index in [0.717, 1.165) is 5.56 Å². The van der Waals surface area contributed by atoms with E-state index in [0.29, 0.717) is 16.4 Å². The van der Waals surface area contributed by atoms with Crippen molar-refractivity contribution in [1.82, 2.24) is 14.8 Å². The van der Waals surface area contributed by atoms with Crippen LogP contribution in [0.15, 0.2) is 23.4 Å². The quantitative estimate of drug-likeness (QED) is 0.778. The van der Waals surface area contributed by atoms with Crippen molar-refractivity contribution in [2.45, 2.75) is 38.4 Å². The average molecular weight is 348 g/mol. The molecule has 0 atom stereocenters. The Balaban J connectivity index is 2.83. The molecule has 0 bridgehead atoms. The number of hydrogen-bond acceptors (Lipinski definition) is 4. The number of hydrogen-bond donors (Lipinski definition) is 0. The van der Waals surface area contributed by atoms with Gasteiger partial charge >= 0.3 is 0 Å². The predicted octanol–water partition coefficient (Wildman–Crippen LogP) is 3.59. The lowest BCUT2D eigenvalue weighted by atomic mass is 10.1. The van der Waals surface area contributed by atoms with Crippen LogP contribution in [-0.2, 0) is 14.6 Å². The van der Waals surface area contributed by atoms with Gasteiger partial charge in [-0.15, -0.1) is 10.2 Å². The van der Waals surface area contributed by atoms with E-state index in [9.17, 15) is 8.42 Å². The van der Waals surface area contributed by atoms with Crippen molar-refractivity contribution in [2.75, 3.05) is 0 Å². The number of aromatic nitrogens is 3. The van der Waals surface area contributed by atoms with Crippen molar-refractivity contribution in [3.63, 3.8) is 0 Å². The predicted molar refractivity (Wildman–Crippen MR) is 83.2 cm³/mol. The lowest BCUT2D eigenvalue weighted by Gasteiger charge is -2.24. The maximum Gasteiger partial charge on any atom is 0.296 e. The third-order valence-electron chi connectivity index (χ3n) is 2.95. The molecule has 2 aromatic rings. The first-order valence-corrected chi connectivity index (χ1v) is 8.88. The van der Waals surface area contributed by atoms with Crippen molar-refractivity contribution in [3.8, 4) is 11.4 Å². The highest BCUT2D eigenvalue weighted by molar-refractivity contribution is 8.13. The molecule has 1 aromatic heterocycles. The van der Waals surface area contributed by atoms with Crippen LogP contribution >= 0.6 is 22.3 Å². The minimum atomic E-state index is -4.01. The third kappa shape index (κ3) is 3.07. The Bertz CT molecular complexity index is 792. The normalized spacial score (nSPS) is 12.7. The monoisotopic (exact) mass is 347 g/mol. The molecule has 0 aliphatic heterocycles. The van der Waals surface area contributed by atoms with Crippen molar-refractivity contribution in [3.05, 3.63) is 28.8 Å². The van der Waals surface area contributed by atoms with Gasteiger partial charge in [-0.05, 0) is 39.3 Å². The molecule has 0 radical (unpaired) electrons. The fourth-order valence-corrected chi connectivity index (χ4v) is 3.25. The van der Waals surface area contributed by atoms with Crippen LogP contribution in [-0.4, -0.2) is 23.2 Å². The first-order valence-electron chi connectivity index (χ1n) is 6.19. The molecule has 8 heteroatoms. The molecule has 0 unspecified atom stereocenters. The molecule has 2 rings (SSSR count). The molecule has 0 spiro atoms. The van der Waals surface area contributed by atoms with Crippen molar-refractivity contribution < 1.29 is 8.42 Å². The number of rotatable bonds is 2. The second-order valence-corrected chi connectivity index (χ2v) is 8.52. The van der Waals surface area contributed by atoms with Crippen LogP contribution in [0.5, 0.6) is 0 Å². The molecule has 1 aromatic carbocycles. The number of benzene rings is 1. The molecular formula is C13H15Cl2N3O2S. The van der Waals surface area contributed by atoms with Gasteiger partial charge in [0.15, 0.2) is 5.82 Å². The summed E-state index contributed by atoms with van der Waals surface area (Å²) in [7, 11) is 1.45. The summed E-state index contributed by atoms with van der Waals surface area (Å²) in [5.41, 5.74) is 0.905. The number of nitrogens with zero attached hydrogens (tertiary/aromatic N) is 3.